The number of fused-ring (bicyclic) bond motifs is 4. The van der Waals surface area contributed by atoms with Crippen LogP contribution in [0.5, 0.6) is 11.5 Å². The van der Waals surface area contributed by atoms with Gasteiger partial charge in [-0.05, 0) is 97.3 Å². The zero-order valence-electron chi connectivity index (χ0n) is 37.4. The van der Waals surface area contributed by atoms with Crippen molar-refractivity contribution in [2.75, 3.05) is 52.9 Å². The Kier molecular flexibility index (Phi) is 12.7. The van der Waals surface area contributed by atoms with Crippen molar-refractivity contribution in [1.82, 2.24) is 0 Å². The fraction of sp³-hybridized carbons (Fsp3) is 0.298. The highest BCUT2D eigenvalue weighted by Crippen LogP contribution is 2.57. The minimum Gasteiger partial charge on any atom is -0.491 e. The van der Waals surface area contributed by atoms with Gasteiger partial charge in [0.25, 0.3) is 0 Å². The van der Waals surface area contributed by atoms with Gasteiger partial charge in [0, 0.05) is 17.9 Å². The molecule has 0 aliphatic heterocycles. The Morgan fingerprint density at radius 3 is 1.66 bits per heavy atom. The van der Waals surface area contributed by atoms with Gasteiger partial charge in [0.2, 0.25) is 0 Å². The van der Waals surface area contributed by atoms with Crippen LogP contribution >= 0.6 is 0 Å². The van der Waals surface area contributed by atoms with Crippen molar-refractivity contribution in [3.05, 3.63) is 202 Å². The van der Waals surface area contributed by atoms with Crippen LogP contribution < -0.4 is 9.47 Å². The monoisotopic (exact) mass is 868 g/mol. The van der Waals surface area contributed by atoms with Gasteiger partial charge in [-0.3, -0.25) is 4.79 Å². The first-order valence-electron chi connectivity index (χ1n) is 22.7. The van der Waals surface area contributed by atoms with Gasteiger partial charge in [0.15, 0.2) is 0 Å². The van der Waals surface area contributed by atoms with E-state index in [1.165, 1.54) is 50.1 Å². The number of hydrogen-bond acceptors (Lipinski definition) is 8. The van der Waals surface area contributed by atoms with Crippen LogP contribution in [0, 0.1) is 5.92 Å². The molecule has 3 atom stereocenters. The van der Waals surface area contributed by atoms with Crippen molar-refractivity contribution in [2.24, 2.45) is 5.92 Å². The van der Waals surface area contributed by atoms with Crippen LogP contribution in [0.2, 0.25) is 0 Å². The van der Waals surface area contributed by atoms with E-state index in [1.54, 1.807) is 0 Å². The molecule has 10 rings (SSSR count). The van der Waals surface area contributed by atoms with E-state index in [1.807, 2.05) is 24.3 Å². The maximum Gasteiger partial charge on any atom is 0.330 e. The molecule has 6 aromatic rings. The summed E-state index contributed by atoms with van der Waals surface area (Å²) in [4.78, 5) is 24.9. The molecule has 0 fully saturated rings. The lowest BCUT2D eigenvalue weighted by atomic mass is 9.58. The second-order valence-electron chi connectivity index (χ2n) is 17.9. The SMILES string of the molecule is C=CC(=O)OCCOCCOc1ccc(C2(c3ccc(OCCOCCOC(=O)C4CC5c6ccccc6C4c4ccc(C(C)(C)C)cc45)cc3)c3ccccc3-c3ccccc32)cc1. The molecule has 0 saturated heterocycles. The van der Waals surface area contributed by atoms with Gasteiger partial charge in [-0.2, -0.15) is 0 Å². The molecule has 2 bridgehead atoms. The Bertz CT molecular complexity index is 2610. The zero-order valence-corrected chi connectivity index (χ0v) is 37.4. The molecule has 0 saturated carbocycles. The van der Waals surface area contributed by atoms with E-state index in [4.69, 9.17) is 28.4 Å². The quantitative estimate of drug-likeness (QED) is 0.0479. The topological polar surface area (TPSA) is 89.5 Å². The Morgan fingerprint density at radius 1 is 0.585 bits per heavy atom. The Morgan fingerprint density at radius 2 is 1.09 bits per heavy atom. The van der Waals surface area contributed by atoms with Crippen molar-refractivity contribution < 1.29 is 38.0 Å². The standard InChI is InChI=1S/C57H56O8/c1-5-53(58)64-34-30-60-28-32-62-41-23-18-38(19-24-41)57(51-16-10-8-13-44(51)45-14-9-11-17-52(45)57)39-20-25-42(26-21-39)63-33-29-61-31-35-65-55(59)50-37-49-43-12-6-7-15-46(43)54(50)47-27-22-40(36-48(47)49)56(2,3)4/h5-27,36,49-50,54H,1,28-35,37H2,2-4H3. The molecular weight excluding hydrogens is 813 g/mol. The summed E-state index contributed by atoms with van der Waals surface area (Å²) in [6.07, 6.45) is 1.89. The minimum atomic E-state index is -0.573. The third kappa shape index (κ3) is 8.61. The summed E-state index contributed by atoms with van der Waals surface area (Å²) in [6, 6.07) is 49.3. The number of ether oxygens (including phenoxy) is 6. The molecule has 0 N–H and O–H groups in total. The van der Waals surface area contributed by atoms with E-state index >= 15 is 0 Å². The van der Waals surface area contributed by atoms with E-state index in [9.17, 15) is 9.59 Å². The summed E-state index contributed by atoms with van der Waals surface area (Å²) >= 11 is 0. The zero-order chi connectivity index (χ0) is 45.0. The Hall–Kier alpha value is -6.48. The van der Waals surface area contributed by atoms with Crippen molar-refractivity contribution in [1.29, 1.82) is 0 Å². The predicted octanol–water partition coefficient (Wildman–Crippen LogP) is 10.7. The number of benzene rings is 6. The Balaban J connectivity index is 0.806. The molecular formula is C57H56O8. The van der Waals surface area contributed by atoms with Crippen molar-refractivity contribution in [2.45, 2.75) is 49.9 Å². The molecule has 0 aromatic heterocycles. The fourth-order valence-electron chi connectivity index (χ4n) is 10.2. The van der Waals surface area contributed by atoms with Gasteiger partial charge in [-0.15, -0.1) is 0 Å². The van der Waals surface area contributed by atoms with E-state index < -0.39 is 11.4 Å². The summed E-state index contributed by atoms with van der Waals surface area (Å²) in [5.74, 6) is 0.808. The van der Waals surface area contributed by atoms with E-state index in [-0.39, 0.29) is 49.0 Å². The van der Waals surface area contributed by atoms with Gasteiger partial charge < -0.3 is 28.4 Å². The molecule has 0 amide bonds. The van der Waals surface area contributed by atoms with Gasteiger partial charge >= 0.3 is 11.9 Å². The molecule has 0 spiro atoms. The normalized spacial score (nSPS) is 17.2. The van der Waals surface area contributed by atoms with Crippen LogP contribution in [-0.4, -0.2) is 64.8 Å². The summed E-state index contributed by atoms with van der Waals surface area (Å²) in [5, 5.41) is 0. The highest BCUT2D eigenvalue weighted by molar-refractivity contribution is 5.86. The number of esters is 2. The lowest BCUT2D eigenvalue weighted by molar-refractivity contribution is -0.151. The second-order valence-corrected chi connectivity index (χ2v) is 17.9. The largest absolute Gasteiger partial charge is 0.491 e. The van der Waals surface area contributed by atoms with E-state index in [0.29, 0.717) is 33.0 Å². The summed E-state index contributed by atoms with van der Waals surface area (Å²) < 4.78 is 34.5. The average Bonchev–Trinajstić information content (AvgIpc) is 3.64. The lowest BCUT2D eigenvalue weighted by Gasteiger charge is -2.45. The molecule has 0 radical (unpaired) electrons. The van der Waals surface area contributed by atoms with Gasteiger partial charge in [0.1, 0.15) is 37.9 Å². The first-order chi connectivity index (χ1) is 31.7. The Labute approximate surface area is 382 Å². The average molecular weight is 869 g/mol. The number of hydrogen-bond donors (Lipinski definition) is 0. The van der Waals surface area contributed by atoms with Crippen LogP contribution in [0.1, 0.15) is 89.1 Å². The van der Waals surface area contributed by atoms with E-state index in [0.717, 1.165) is 35.1 Å². The molecule has 332 valence electrons. The first kappa shape index (κ1) is 43.8. The molecule has 6 aromatic carbocycles. The van der Waals surface area contributed by atoms with Gasteiger partial charge in [-0.1, -0.05) is 143 Å². The number of rotatable bonds is 18. The molecule has 0 heterocycles. The highest BCUT2D eigenvalue weighted by Gasteiger charge is 2.48. The summed E-state index contributed by atoms with van der Waals surface area (Å²) in [6.45, 7) is 12.5. The van der Waals surface area contributed by atoms with Crippen molar-refractivity contribution in [3.63, 3.8) is 0 Å². The van der Waals surface area contributed by atoms with Crippen LogP contribution in [0.25, 0.3) is 11.1 Å². The summed E-state index contributed by atoms with van der Waals surface area (Å²) in [7, 11) is 0. The summed E-state index contributed by atoms with van der Waals surface area (Å²) in [5.41, 5.74) is 13.1. The molecule has 4 aliphatic carbocycles. The van der Waals surface area contributed by atoms with Crippen LogP contribution in [0.4, 0.5) is 0 Å². The van der Waals surface area contributed by atoms with Crippen molar-refractivity contribution in [3.8, 4) is 22.6 Å². The molecule has 4 aliphatic rings. The van der Waals surface area contributed by atoms with Crippen LogP contribution in [0.3, 0.4) is 0 Å². The van der Waals surface area contributed by atoms with Crippen LogP contribution in [-0.2, 0) is 39.4 Å². The maximum atomic E-state index is 13.7. The fourth-order valence-corrected chi connectivity index (χ4v) is 10.2. The lowest BCUT2D eigenvalue weighted by Crippen LogP contribution is -2.37. The molecule has 3 unspecified atom stereocenters. The predicted molar refractivity (Wildman–Crippen MR) is 252 cm³/mol. The van der Waals surface area contributed by atoms with Gasteiger partial charge in [-0.25, -0.2) is 4.79 Å². The first-order valence-corrected chi connectivity index (χ1v) is 22.7. The smallest absolute Gasteiger partial charge is 0.330 e. The third-order valence-corrected chi connectivity index (χ3v) is 13.2. The molecule has 8 nitrogen and oxygen atoms in total. The highest BCUT2D eigenvalue weighted by atomic mass is 16.6. The number of carbonyl (C=O) groups excluding carboxylic acids is 2. The molecule has 65 heavy (non-hydrogen) atoms. The third-order valence-electron chi connectivity index (χ3n) is 13.2. The second kappa shape index (κ2) is 18.9. The molecule has 8 heteroatoms. The van der Waals surface area contributed by atoms with Gasteiger partial charge in [0.05, 0.1) is 37.8 Å². The number of carbonyl (C=O) groups is 2. The van der Waals surface area contributed by atoms with Crippen molar-refractivity contribution >= 4 is 11.9 Å². The minimum absolute atomic E-state index is 0.00585. The van der Waals surface area contributed by atoms with Crippen LogP contribution in [0.15, 0.2) is 152 Å². The maximum absolute atomic E-state index is 13.7. The van der Waals surface area contributed by atoms with E-state index in [2.05, 4.69) is 143 Å².